The van der Waals surface area contributed by atoms with Crippen molar-refractivity contribution in [2.75, 3.05) is 11.9 Å². The fourth-order valence-corrected chi connectivity index (χ4v) is 2.44. The standard InChI is InChI=1S/C16H13ClFN3/c1-2-19-16-12-6-4-3-5-11(12)15(20-21-16)13-8-7-10(17)9-14(13)18/h3-9H,2H2,1H3,(H,19,21). The van der Waals surface area contributed by atoms with Crippen LogP contribution >= 0.6 is 11.6 Å². The maximum absolute atomic E-state index is 14.1. The summed E-state index contributed by atoms with van der Waals surface area (Å²) in [5, 5.41) is 13.7. The predicted octanol–water partition coefficient (Wildman–Crippen LogP) is 4.52. The van der Waals surface area contributed by atoms with E-state index in [0.29, 0.717) is 22.1 Å². The highest BCUT2D eigenvalue weighted by Gasteiger charge is 2.13. The minimum Gasteiger partial charge on any atom is -0.368 e. The molecule has 0 amide bonds. The van der Waals surface area contributed by atoms with E-state index >= 15 is 0 Å². The second-order valence-electron chi connectivity index (χ2n) is 4.60. The molecule has 0 radical (unpaired) electrons. The Morgan fingerprint density at radius 3 is 2.57 bits per heavy atom. The Morgan fingerprint density at radius 2 is 1.86 bits per heavy atom. The number of nitrogens with zero attached hydrogens (tertiary/aromatic N) is 2. The lowest BCUT2D eigenvalue weighted by molar-refractivity contribution is 0.630. The summed E-state index contributed by atoms with van der Waals surface area (Å²) in [6.45, 7) is 2.73. The van der Waals surface area contributed by atoms with Crippen LogP contribution in [-0.2, 0) is 0 Å². The summed E-state index contributed by atoms with van der Waals surface area (Å²) in [4.78, 5) is 0. The van der Waals surface area contributed by atoms with Gasteiger partial charge in [-0.05, 0) is 25.1 Å². The van der Waals surface area contributed by atoms with E-state index in [1.807, 2.05) is 31.2 Å². The quantitative estimate of drug-likeness (QED) is 0.773. The molecule has 3 rings (SSSR count). The van der Waals surface area contributed by atoms with Crippen molar-refractivity contribution < 1.29 is 4.39 Å². The van der Waals surface area contributed by atoms with Crippen LogP contribution in [-0.4, -0.2) is 16.7 Å². The minimum absolute atomic E-state index is 0.359. The van der Waals surface area contributed by atoms with Crippen molar-refractivity contribution in [2.24, 2.45) is 0 Å². The Kier molecular flexibility index (Phi) is 3.71. The molecule has 0 unspecified atom stereocenters. The molecule has 106 valence electrons. The van der Waals surface area contributed by atoms with Gasteiger partial charge >= 0.3 is 0 Å². The van der Waals surface area contributed by atoms with Gasteiger partial charge < -0.3 is 5.32 Å². The summed E-state index contributed by atoms with van der Waals surface area (Å²) in [5.74, 6) is 0.296. The summed E-state index contributed by atoms with van der Waals surface area (Å²) < 4.78 is 14.1. The zero-order valence-corrected chi connectivity index (χ0v) is 12.2. The number of anilines is 1. The molecular formula is C16H13ClFN3. The maximum atomic E-state index is 14.1. The van der Waals surface area contributed by atoms with Crippen LogP contribution in [0.2, 0.25) is 5.02 Å². The van der Waals surface area contributed by atoms with Crippen LogP contribution in [0, 0.1) is 5.82 Å². The zero-order valence-electron chi connectivity index (χ0n) is 11.4. The fourth-order valence-electron chi connectivity index (χ4n) is 2.28. The van der Waals surface area contributed by atoms with Crippen molar-refractivity contribution in [3.05, 3.63) is 53.3 Å². The molecular weight excluding hydrogens is 289 g/mol. The lowest BCUT2D eigenvalue weighted by Gasteiger charge is -2.10. The van der Waals surface area contributed by atoms with Crippen molar-refractivity contribution >= 4 is 28.2 Å². The minimum atomic E-state index is -0.404. The smallest absolute Gasteiger partial charge is 0.156 e. The van der Waals surface area contributed by atoms with Crippen LogP contribution in [0.1, 0.15) is 6.92 Å². The van der Waals surface area contributed by atoms with E-state index in [1.54, 1.807) is 12.1 Å². The molecule has 0 spiro atoms. The molecule has 1 heterocycles. The maximum Gasteiger partial charge on any atom is 0.156 e. The molecule has 2 aromatic carbocycles. The molecule has 0 aliphatic rings. The van der Waals surface area contributed by atoms with Gasteiger partial charge in [-0.3, -0.25) is 0 Å². The number of halogens is 2. The van der Waals surface area contributed by atoms with Gasteiger partial charge in [0.15, 0.2) is 5.82 Å². The molecule has 0 atom stereocenters. The Bertz CT molecular complexity index is 805. The van der Waals surface area contributed by atoms with Crippen molar-refractivity contribution in [3.63, 3.8) is 0 Å². The second kappa shape index (κ2) is 5.66. The molecule has 5 heteroatoms. The molecule has 0 fully saturated rings. The van der Waals surface area contributed by atoms with Crippen LogP contribution in [0.5, 0.6) is 0 Å². The second-order valence-corrected chi connectivity index (χ2v) is 5.03. The van der Waals surface area contributed by atoms with Crippen molar-refractivity contribution in [3.8, 4) is 11.3 Å². The first-order valence-corrected chi connectivity index (χ1v) is 7.03. The summed E-state index contributed by atoms with van der Waals surface area (Å²) in [6, 6.07) is 12.2. The molecule has 0 aliphatic heterocycles. The average molecular weight is 302 g/mol. The monoisotopic (exact) mass is 301 g/mol. The van der Waals surface area contributed by atoms with Crippen LogP contribution in [0.15, 0.2) is 42.5 Å². The topological polar surface area (TPSA) is 37.8 Å². The Balaban J connectivity index is 2.26. The van der Waals surface area contributed by atoms with Crippen molar-refractivity contribution in [1.82, 2.24) is 10.2 Å². The van der Waals surface area contributed by atoms with Gasteiger partial charge in [-0.1, -0.05) is 35.9 Å². The van der Waals surface area contributed by atoms with Gasteiger partial charge in [0.25, 0.3) is 0 Å². The van der Waals surface area contributed by atoms with Crippen LogP contribution in [0.3, 0.4) is 0 Å². The zero-order chi connectivity index (χ0) is 14.8. The van der Waals surface area contributed by atoms with Gasteiger partial charge in [-0.2, -0.15) is 0 Å². The number of rotatable bonds is 3. The highest BCUT2D eigenvalue weighted by Crippen LogP contribution is 2.31. The first kappa shape index (κ1) is 13.8. The highest BCUT2D eigenvalue weighted by atomic mass is 35.5. The summed E-state index contributed by atoms with van der Waals surface area (Å²) in [7, 11) is 0. The van der Waals surface area contributed by atoms with E-state index in [0.717, 1.165) is 17.3 Å². The fraction of sp³-hybridized carbons (Fsp3) is 0.125. The number of hydrogen-bond acceptors (Lipinski definition) is 3. The van der Waals surface area contributed by atoms with Crippen molar-refractivity contribution in [1.29, 1.82) is 0 Å². The van der Waals surface area contributed by atoms with Gasteiger partial charge in [0, 0.05) is 27.9 Å². The third kappa shape index (κ3) is 2.54. The van der Waals surface area contributed by atoms with Crippen molar-refractivity contribution in [2.45, 2.75) is 6.92 Å². The Morgan fingerprint density at radius 1 is 1.10 bits per heavy atom. The summed E-state index contributed by atoms with van der Waals surface area (Å²) in [5.41, 5.74) is 0.910. The van der Waals surface area contributed by atoms with Gasteiger partial charge in [-0.25, -0.2) is 4.39 Å². The molecule has 1 aromatic heterocycles. The van der Waals surface area contributed by atoms with Gasteiger partial charge in [0.05, 0.1) is 0 Å². The highest BCUT2D eigenvalue weighted by molar-refractivity contribution is 6.30. The van der Waals surface area contributed by atoms with E-state index in [-0.39, 0.29) is 0 Å². The summed E-state index contributed by atoms with van der Waals surface area (Å²) in [6.07, 6.45) is 0. The normalized spacial score (nSPS) is 10.8. The number of hydrogen-bond donors (Lipinski definition) is 1. The lowest BCUT2D eigenvalue weighted by atomic mass is 10.0. The molecule has 3 nitrogen and oxygen atoms in total. The third-order valence-corrected chi connectivity index (χ3v) is 3.45. The van der Waals surface area contributed by atoms with Gasteiger partial charge in [0.1, 0.15) is 11.5 Å². The van der Waals surface area contributed by atoms with Gasteiger partial charge in [-0.15, -0.1) is 10.2 Å². The molecule has 21 heavy (non-hydrogen) atoms. The van der Waals surface area contributed by atoms with Crippen LogP contribution in [0.4, 0.5) is 10.2 Å². The molecule has 0 aliphatic carbocycles. The number of nitrogens with one attached hydrogen (secondary N) is 1. The first-order valence-electron chi connectivity index (χ1n) is 6.65. The molecule has 0 saturated carbocycles. The predicted molar refractivity (Wildman–Crippen MR) is 84.1 cm³/mol. The van der Waals surface area contributed by atoms with E-state index < -0.39 is 5.82 Å². The Labute approximate surface area is 126 Å². The number of aromatic nitrogens is 2. The molecule has 3 aromatic rings. The molecule has 1 N–H and O–H groups in total. The Hall–Kier alpha value is -2.20. The number of fused-ring (bicyclic) bond motifs is 1. The average Bonchev–Trinajstić information content (AvgIpc) is 2.49. The van der Waals surface area contributed by atoms with Crippen LogP contribution in [0.25, 0.3) is 22.0 Å². The third-order valence-electron chi connectivity index (χ3n) is 3.22. The number of benzene rings is 2. The lowest BCUT2D eigenvalue weighted by Crippen LogP contribution is -2.03. The van der Waals surface area contributed by atoms with E-state index in [1.165, 1.54) is 6.07 Å². The van der Waals surface area contributed by atoms with E-state index in [9.17, 15) is 4.39 Å². The van der Waals surface area contributed by atoms with Gasteiger partial charge in [0.2, 0.25) is 0 Å². The molecule has 0 bridgehead atoms. The van der Waals surface area contributed by atoms with E-state index in [2.05, 4.69) is 15.5 Å². The van der Waals surface area contributed by atoms with Crippen LogP contribution < -0.4 is 5.32 Å². The molecule has 0 saturated heterocycles. The first-order chi connectivity index (χ1) is 10.2. The summed E-state index contributed by atoms with van der Waals surface area (Å²) >= 11 is 5.80. The largest absolute Gasteiger partial charge is 0.368 e. The van der Waals surface area contributed by atoms with E-state index in [4.69, 9.17) is 11.6 Å². The SMILES string of the molecule is CCNc1nnc(-c2ccc(Cl)cc2F)c2ccccc12.